The number of benzene rings is 2. The lowest BCUT2D eigenvalue weighted by atomic mass is 10.1. The molecule has 0 atom stereocenters. The summed E-state index contributed by atoms with van der Waals surface area (Å²) in [5, 5.41) is 0. The highest BCUT2D eigenvalue weighted by Gasteiger charge is 2.24. The summed E-state index contributed by atoms with van der Waals surface area (Å²) in [7, 11) is 2.52. The molecule has 0 heterocycles. The number of hydrogen-bond donors (Lipinski definition) is 1. The van der Waals surface area contributed by atoms with Crippen LogP contribution in [0.25, 0.3) is 0 Å². The zero-order valence-electron chi connectivity index (χ0n) is 15.5. The monoisotopic (exact) mass is 384 g/mol. The summed E-state index contributed by atoms with van der Waals surface area (Å²) in [5.74, 6) is -2.16. The van der Waals surface area contributed by atoms with Crippen LogP contribution in [0.15, 0.2) is 48.5 Å². The fourth-order valence-electron chi connectivity index (χ4n) is 2.47. The molecule has 0 saturated heterocycles. The summed E-state index contributed by atoms with van der Waals surface area (Å²) >= 11 is 0. The van der Waals surface area contributed by atoms with Crippen molar-refractivity contribution in [1.82, 2.24) is 4.90 Å². The highest BCUT2D eigenvalue weighted by atomic mass is 16.5. The second kappa shape index (κ2) is 9.43. The molecule has 0 bridgehead atoms. The predicted molar refractivity (Wildman–Crippen MR) is 100.0 cm³/mol. The molecule has 2 rings (SSSR count). The molecule has 146 valence electrons. The van der Waals surface area contributed by atoms with Crippen LogP contribution in [0.4, 0.5) is 0 Å². The van der Waals surface area contributed by atoms with Crippen molar-refractivity contribution in [2.75, 3.05) is 27.3 Å². The van der Waals surface area contributed by atoms with Crippen LogP contribution in [-0.4, -0.2) is 56.0 Å². The molecule has 0 radical (unpaired) electrons. The lowest BCUT2D eigenvalue weighted by molar-refractivity contribution is 0.0592. The van der Waals surface area contributed by atoms with E-state index in [0.29, 0.717) is 0 Å². The summed E-state index contributed by atoms with van der Waals surface area (Å²) in [4.78, 5) is 49.6. The molecule has 0 spiro atoms. The van der Waals surface area contributed by atoms with Gasteiger partial charge >= 0.3 is 11.9 Å². The standard InChI is InChI=1S/C20H20N2O6/c1-27-19(25)15-7-3-13(4-8-15)17(23)22(12-11-21)18(24)14-5-9-16(10-6-14)20(26)28-2/h3-10H,11-12,21H2,1-2H3. The van der Waals surface area contributed by atoms with E-state index in [1.807, 2.05) is 0 Å². The van der Waals surface area contributed by atoms with Gasteiger partial charge in [0.1, 0.15) is 0 Å². The molecule has 0 aliphatic rings. The SMILES string of the molecule is COC(=O)c1ccc(C(=O)N(CCN)C(=O)c2ccc(C(=O)OC)cc2)cc1. The van der Waals surface area contributed by atoms with Crippen molar-refractivity contribution >= 4 is 23.8 Å². The zero-order chi connectivity index (χ0) is 20.7. The first kappa shape index (κ1) is 20.8. The van der Waals surface area contributed by atoms with Gasteiger partial charge in [0.05, 0.1) is 25.3 Å². The molecule has 0 saturated carbocycles. The average Bonchev–Trinajstić information content (AvgIpc) is 2.75. The van der Waals surface area contributed by atoms with Crippen LogP contribution in [0.2, 0.25) is 0 Å². The molecule has 28 heavy (non-hydrogen) atoms. The van der Waals surface area contributed by atoms with Crippen molar-refractivity contribution in [1.29, 1.82) is 0 Å². The van der Waals surface area contributed by atoms with Crippen molar-refractivity contribution in [3.8, 4) is 0 Å². The Morgan fingerprint density at radius 3 is 1.32 bits per heavy atom. The number of carbonyl (C=O) groups is 4. The smallest absolute Gasteiger partial charge is 0.337 e. The maximum atomic E-state index is 12.8. The van der Waals surface area contributed by atoms with Gasteiger partial charge in [-0.3, -0.25) is 14.5 Å². The van der Waals surface area contributed by atoms with Gasteiger partial charge in [-0.2, -0.15) is 0 Å². The van der Waals surface area contributed by atoms with E-state index < -0.39 is 23.8 Å². The van der Waals surface area contributed by atoms with Crippen LogP contribution in [-0.2, 0) is 9.47 Å². The molecule has 0 aromatic heterocycles. The van der Waals surface area contributed by atoms with Gasteiger partial charge in [0.25, 0.3) is 11.8 Å². The Morgan fingerprint density at radius 2 is 1.04 bits per heavy atom. The molecule has 0 unspecified atom stereocenters. The molecular weight excluding hydrogens is 364 g/mol. The minimum atomic E-state index is -0.552. The fourth-order valence-corrected chi connectivity index (χ4v) is 2.47. The third-order valence-electron chi connectivity index (χ3n) is 3.95. The third kappa shape index (κ3) is 4.60. The Kier molecular flexibility index (Phi) is 7.00. The number of carbonyl (C=O) groups excluding carboxylic acids is 4. The van der Waals surface area contributed by atoms with Gasteiger partial charge in [0, 0.05) is 24.2 Å². The van der Waals surface area contributed by atoms with Crippen LogP contribution in [0.1, 0.15) is 41.4 Å². The molecule has 2 N–H and O–H groups in total. The van der Waals surface area contributed by atoms with Gasteiger partial charge in [-0.15, -0.1) is 0 Å². The van der Waals surface area contributed by atoms with Crippen molar-refractivity contribution in [2.45, 2.75) is 0 Å². The number of hydrogen-bond acceptors (Lipinski definition) is 7. The number of nitrogens with zero attached hydrogens (tertiary/aromatic N) is 1. The Bertz CT molecular complexity index is 803. The van der Waals surface area contributed by atoms with Gasteiger partial charge in [-0.1, -0.05) is 0 Å². The second-order valence-electron chi connectivity index (χ2n) is 5.69. The molecular formula is C20H20N2O6. The Morgan fingerprint density at radius 1 is 0.714 bits per heavy atom. The number of esters is 2. The first-order valence-electron chi connectivity index (χ1n) is 8.36. The third-order valence-corrected chi connectivity index (χ3v) is 3.95. The summed E-state index contributed by atoms with van der Waals surface area (Å²) < 4.78 is 9.23. The lowest BCUT2D eigenvalue weighted by Gasteiger charge is -2.20. The second-order valence-corrected chi connectivity index (χ2v) is 5.69. The number of nitrogens with two attached hydrogens (primary N) is 1. The molecule has 2 aromatic rings. The van der Waals surface area contributed by atoms with Crippen LogP contribution < -0.4 is 5.73 Å². The van der Waals surface area contributed by atoms with E-state index in [1.165, 1.54) is 62.8 Å². The van der Waals surface area contributed by atoms with Crippen molar-refractivity contribution in [3.63, 3.8) is 0 Å². The van der Waals surface area contributed by atoms with E-state index in [2.05, 4.69) is 9.47 Å². The van der Waals surface area contributed by atoms with E-state index in [4.69, 9.17) is 5.73 Å². The molecule has 2 amide bonds. The van der Waals surface area contributed by atoms with E-state index in [9.17, 15) is 19.2 Å². The summed E-state index contributed by atoms with van der Waals surface area (Å²) in [6.45, 7) is 0.0904. The van der Waals surface area contributed by atoms with E-state index >= 15 is 0 Å². The van der Waals surface area contributed by atoms with E-state index in [1.54, 1.807) is 0 Å². The zero-order valence-corrected chi connectivity index (χ0v) is 15.5. The van der Waals surface area contributed by atoms with E-state index in [0.717, 1.165) is 4.90 Å². The Balaban J connectivity index is 2.25. The molecule has 0 aliphatic heterocycles. The maximum absolute atomic E-state index is 12.8. The Hall–Kier alpha value is -3.52. The minimum absolute atomic E-state index is 0.00910. The average molecular weight is 384 g/mol. The first-order valence-corrected chi connectivity index (χ1v) is 8.36. The van der Waals surface area contributed by atoms with Gasteiger partial charge < -0.3 is 15.2 Å². The molecule has 8 heteroatoms. The lowest BCUT2D eigenvalue weighted by Crippen LogP contribution is -2.40. The molecule has 0 fully saturated rings. The van der Waals surface area contributed by atoms with Gasteiger partial charge in [-0.25, -0.2) is 9.59 Å². The van der Waals surface area contributed by atoms with Crippen molar-refractivity contribution in [2.24, 2.45) is 5.73 Å². The highest BCUT2D eigenvalue weighted by molar-refractivity contribution is 6.10. The number of imide groups is 1. The highest BCUT2D eigenvalue weighted by Crippen LogP contribution is 2.13. The fraction of sp³-hybridized carbons (Fsp3) is 0.200. The normalized spacial score (nSPS) is 10.1. The summed E-state index contributed by atoms with van der Waals surface area (Å²) in [6.07, 6.45) is 0. The number of rotatable bonds is 6. The molecule has 8 nitrogen and oxygen atoms in total. The van der Waals surface area contributed by atoms with Crippen LogP contribution in [0, 0.1) is 0 Å². The minimum Gasteiger partial charge on any atom is -0.465 e. The molecule has 0 aliphatic carbocycles. The number of ether oxygens (including phenoxy) is 2. The van der Waals surface area contributed by atoms with E-state index in [-0.39, 0.29) is 35.3 Å². The van der Waals surface area contributed by atoms with Gasteiger partial charge in [0.15, 0.2) is 0 Å². The van der Waals surface area contributed by atoms with Crippen LogP contribution in [0.5, 0.6) is 0 Å². The van der Waals surface area contributed by atoms with Crippen LogP contribution in [0.3, 0.4) is 0 Å². The molecule has 2 aromatic carbocycles. The topological polar surface area (TPSA) is 116 Å². The van der Waals surface area contributed by atoms with Crippen molar-refractivity contribution < 1.29 is 28.7 Å². The maximum Gasteiger partial charge on any atom is 0.337 e. The quantitative estimate of drug-likeness (QED) is 0.593. The van der Waals surface area contributed by atoms with Gasteiger partial charge in [-0.05, 0) is 48.5 Å². The summed E-state index contributed by atoms with van der Waals surface area (Å²) in [5.41, 5.74) is 6.57. The van der Waals surface area contributed by atoms with Crippen molar-refractivity contribution in [3.05, 3.63) is 70.8 Å². The summed E-state index contributed by atoms with van der Waals surface area (Å²) in [6, 6.07) is 11.5. The Labute approximate surface area is 161 Å². The largest absolute Gasteiger partial charge is 0.465 e. The predicted octanol–water partition coefficient (Wildman–Crippen LogP) is 1.50. The van der Waals surface area contributed by atoms with Crippen LogP contribution >= 0.6 is 0 Å². The first-order chi connectivity index (χ1) is 13.4. The number of amides is 2. The van der Waals surface area contributed by atoms with Gasteiger partial charge in [0.2, 0.25) is 0 Å². The number of methoxy groups -OCH3 is 2.